The lowest BCUT2D eigenvalue weighted by atomic mass is 10.1. The Labute approximate surface area is 172 Å². The summed E-state index contributed by atoms with van der Waals surface area (Å²) in [7, 11) is -2.18. The average molecular weight is 419 g/mol. The van der Waals surface area contributed by atoms with E-state index in [0.717, 1.165) is 10.6 Å². The molecular formula is C21H26N2O5S. The molecule has 2 aromatic carbocycles. The summed E-state index contributed by atoms with van der Waals surface area (Å²) in [5.41, 5.74) is 0.900. The Hall–Kier alpha value is -3.00. The number of methoxy groups -OCH3 is 1. The van der Waals surface area contributed by atoms with E-state index in [1.807, 2.05) is 0 Å². The number of hydrogen-bond donors (Lipinski definition) is 1. The Morgan fingerprint density at radius 3 is 2.45 bits per heavy atom. The van der Waals surface area contributed by atoms with Crippen molar-refractivity contribution in [2.45, 2.75) is 19.4 Å². The van der Waals surface area contributed by atoms with E-state index in [0.29, 0.717) is 29.5 Å². The third-order valence-corrected chi connectivity index (χ3v) is 5.31. The lowest BCUT2D eigenvalue weighted by molar-refractivity contribution is -0.117. The van der Waals surface area contributed by atoms with E-state index in [9.17, 15) is 13.2 Å². The number of amides is 1. The highest BCUT2D eigenvalue weighted by molar-refractivity contribution is 7.92. The van der Waals surface area contributed by atoms with Crippen molar-refractivity contribution in [3.63, 3.8) is 0 Å². The molecule has 0 heterocycles. The molecule has 0 saturated heterocycles. The Balaban J connectivity index is 2.29. The maximum Gasteiger partial charge on any atom is 0.248 e. The summed E-state index contributed by atoms with van der Waals surface area (Å²) in [6.07, 6.45) is 2.99. The highest BCUT2D eigenvalue weighted by atomic mass is 32.2. The van der Waals surface area contributed by atoms with Crippen LogP contribution in [0, 0.1) is 0 Å². The number of carbonyl (C=O) groups is 1. The molecule has 0 spiro atoms. The summed E-state index contributed by atoms with van der Waals surface area (Å²) in [5, 5.41) is 2.78. The van der Waals surface area contributed by atoms with Gasteiger partial charge in [0.1, 0.15) is 24.1 Å². The van der Waals surface area contributed by atoms with Crippen molar-refractivity contribution in [1.29, 1.82) is 0 Å². The normalized spacial score (nSPS) is 12.0. The lowest BCUT2D eigenvalue weighted by Gasteiger charge is -2.30. The number of benzene rings is 2. The zero-order chi connectivity index (χ0) is 21.4. The van der Waals surface area contributed by atoms with Crippen LogP contribution in [0.2, 0.25) is 0 Å². The minimum absolute atomic E-state index is 0.289. The molecule has 1 N–H and O–H groups in total. The molecule has 7 nitrogen and oxygen atoms in total. The zero-order valence-electron chi connectivity index (χ0n) is 16.8. The van der Waals surface area contributed by atoms with Crippen LogP contribution >= 0.6 is 0 Å². The monoisotopic (exact) mass is 418 g/mol. The summed E-state index contributed by atoms with van der Waals surface area (Å²) in [4.78, 5) is 13.0. The van der Waals surface area contributed by atoms with Gasteiger partial charge in [-0.1, -0.05) is 25.6 Å². The molecule has 8 heteroatoms. The molecular weight excluding hydrogens is 392 g/mol. The molecule has 0 aliphatic rings. The van der Waals surface area contributed by atoms with E-state index in [4.69, 9.17) is 9.47 Å². The minimum Gasteiger partial charge on any atom is -0.497 e. The van der Waals surface area contributed by atoms with Crippen LogP contribution < -0.4 is 19.1 Å². The molecule has 0 aliphatic carbocycles. The highest BCUT2D eigenvalue weighted by Crippen LogP contribution is 2.26. The summed E-state index contributed by atoms with van der Waals surface area (Å²) in [6, 6.07) is 12.5. The number of rotatable bonds is 10. The van der Waals surface area contributed by atoms with E-state index in [-0.39, 0.29) is 6.42 Å². The highest BCUT2D eigenvalue weighted by Gasteiger charge is 2.31. The second kappa shape index (κ2) is 9.97. The van der Waals surface area contributed by atoms with Crippen LogP contribution in [0.1, 0.15) is 13.3 Å². The van der Waals surface area contributed by atoms with Crippen LogP contribution in [0.3, 0.4) is 0 Å². The summed E-state index contributed by atoms with van der Waals surface area (Å²) in [5.74, 6) is 0.733. The van der Waals surface area contributed by atoms with Crippen molar-refractivity contribution < 1.29 is 22.7 Å². The Kier molecular flexibility index (Phi) is 7.67. The third kappa shape index (κ3) is 5.99. The first-order valence-electron chi connectivity index (χ1n) is 9.08. The first-order chi connectivity index (χ1) is 13.8. The van der Waals surface area contributed by atoms with Crippen LogP contribution in [0.4, 0.5) is 11.4 Å². The van der Waals surface area contributed by atoms with Crippen molar-refractivity contribution in [3.05, 3.63) is 61.2 Å². The Morgan fingerprint density at radius 1 is 1.21 bits per heavy atom. The van der Waals surface area contributed by atoms with E-state index in [2.05, 4.69) is 11.9 Å². The number of sulfonamides is 1. The van der Waals surface area contributed by atoms with Crippen molar-refractivity contribution in [3.8, 4) is 11.5 Å². The number of hydrogen-bond acceptors (Lipinski definition) is 5. The third-order valence-electron chi connectivity index (χ3n) is 4.13. The smallest absolute Gasteiger partial charge is 0.248 e. The van der Waals surface area contributed by atoms with Gasteiger partial charge >= 0.3 is 0 Å². The van der Waals surface area contributed by atoms with Crippen molar-refractivity contribution in [1.82, 2.24) is 0 Å². The summed E-state index contributed by atoms with van der Waals surface area (Å²) >= 11 is 0. The summed E-state index contributed by atoms with van der Waals surface area (Å²) < 4.78 is 36.7. The van der Waals surface area contributed by atoms with Gasteiger partial charge in [-0.15, -0.1) is 0 Å². The number of carbonyl (C=O) groups excluding carboxylic acids is 1. The predicted octanol–water partition coefficient (Wildman–Crippen LogP) is 3.44. The van der Waals surface area contributed by atoms with Gasteiger partial charge in [0.05, 0.1) is 19.1 Å². The molecule has 0 aromatic heterocycles. The van der Waals surface area contributed by atoms with Crippen LogP contribution in [0.5, 0.6) is 11.5 Å². The second-order valence-corrected chi connectivity index (χ2v) is 8.16. The van der Waals surface area contributed by atoms with Gasteiger partial charge in [-0.3, -0.25) is 9.10 Å². The van der Waals surface area contributed by atoms with E-state index in [1.165, 1.54) is 7.11 Å². The van der Waals surface area contributed by atoms with Crippen molar-refractivity contribution >= 4 is 27.3 Å². The fourth-order valence-corrected chi connectivity index (χ4v) is 4.05. The maximum absolute atomic E-state index is 13.0. The molecule has 0 bridgehead atoms. The molecule has 156 valence electrons. The van der Waals surface area contributed by atoms with Gasteiger partial charge < -0.3 is 14.8 Å². The van der Waals surface area contributed by atoms with Crippen LogP contribution in [0.25, 0.3) is 0 Å². The molecule has 2 rings (SSSR count). The first kappa shape index (κ1) is 22.3. The fourth-order valence-electron chi connectivity index (χ4n) is 2.83. The maximum atomic E-state index is 13.0. The van der Waals surface area contributed by atoms with E-state index >= 15 is 0 Å². The van der Waals surface area contributed by atoms with Crippen LogP contribution in [-0.4, -0.2) is 40.3 Å². The zero-order valence-corrected chi connectivity index (χ0v) is 17.6. The molecule has 0 radical (unpaired) electrons. The van der Waals surface area contributed by atoms with Gasteiger partial charge in [0.25, 0.3) is 0 Å². The summed E-state index contributed by atoms with van der Waals surface area (Å²) in [6.45, 7) is 5.70. The van der Waals surface area contributed by atoms with Gasteiger partial charge in [-0.2, -0.15) is 0 Å². The minimum atomic E-state index is -3.71. The van der Waals surface area contributed by atoms with Crippen molar-refractivity contribution in [2.75, 3.05) is 29.6 Å². The number of nitrogens with zero attached hydrogens (tertiary/aromatic N) is 1. The van der Waals surface area contributed by atoms with Crippen LogP contribution in [0.15, 0.2) is 61.2 Å². The Bertz CT molecular complexity index is 942. The SMILES string of the molecule is C=CCOc1cccc(NC(=O)[C@@H](CC)N(c2ccc(OC)cc2)S(C)(=O)=O)c1. The number of anilines is 2. The molecule has 1 amide bonds. The molecule has 0 fully saturated rings. The topological polar surface area (TPSA) is 84.9 Å². The average Bonchev–Trinajstić information content (AvgIpc) is 2.69. The first-order valence-corrected chi connectivity index (χ1v) is 10.9. The largest absolute Gasteiger partial charge is 0.497 e. The lowest BCUT2D eigenvalue weighted by Crippen LogP contribution is -2.46. The predicted molar refractivity (Wildman–Crippen MR) is 115 cm³/mol. The number of nitrogens with one attached hydrogen (secondary N) is 1. The molecule has 2 aromatic rings. The van der Waals surface area contributed by atoms with Crippen molar-refractivity contribution in [2.24, 2.45) is 0 Å². The quantitative estimate of drug-likeness (QED) is 0.598. The van der Waals surface area contributed by atoms with Crippen LogP contribution in [-0.2, 0) is 14.8 Å². The van der Waals surface area contributed by atoms with Gasteiger partial charge in [-0.25, -0.2) is 8.42 Å². The van der Waals surface area contributed by atoms with Gasteiger partial charge in [0, 0.05) is 11.8 Å². The van der Waals surface area contributed by atoms with E-state index in [1.54, 1.807) is 61.5 Å². The molecule has 29 heavy (non-hydrogen) atoms. The standard InChI is InChI=1S/C21H26N2O5S/c1-5-14-28-19-9-7-8-16(15-19)22-21(24)20(6-2)23(29(4,25)26)17-10-12-18(27-3)13-11-17/h5,7-13,15,20H,1,6,14H2,2-4H3,(H,22,24)/t20-/m1/s1. The Morgan fingerprint density at radius 2 is 1.90 bits per heavy atom. The molecule has 0 aliphatic heterocycles. The van der Waals surface area contributed by atoms with Gasteiger partial charge in [0.15, 0.2) is 0 Å². The molecule has 0 unspecified atom stereocenters. The second-order valence-electron chi connectivity index (χ2n) is 6.30. The van der Waals surface area contributed by atoms with E-state index < -0.39 is 22.0 Å². The number of ether oxygens (including phenoxy) is 2. The van der Waals surface area contributed by atoms with Gasteiger partial charge in [0.2, 0.25) is 15.9 Å². The fraction of sp³-hybridized carbons (Fsp3) is 0.286. The molecule has 0 saturated carbocycles. The van der Waals surface area contributed by atoms with Gasteiger partial charge in [-0.05, 0) is 42.8 Å². The molecule has 1 atom stereocenters.